The van der Waals surface area contributed by atoms with E-state index in [4.69, 9.17) is 0 Å². The van der Waals surface area contributed by atoms with Crippen LogP contribution in [0.15, 0.2) is 48.8 Å². The molecule has 0 bridgehead atoms. The van der Waals surface area contributed by atoms with Gasteiger partial charge in [-0.2, -0.15) is 8.78 Å². The van der Waals surface area contributed by atoms with Gasteiger partial charge in [-0.3, -0.25) is 0 Å². The van der Waals surface area contributed by atoms with Crippen LogP contribution in [0.2, 0.25) is 0 Å². The predicted octanol–water partition coefficient (Wildman–Crippen LogP) is 4.21. The minimum Gasteiger partial charge on any atom is -0.346 e. The lowest BCUT2D eigenvalue weighted by Crippen LogP contribution is -2.02. The van der Waals surface area contributed by atoms with E-state index in [1.165, 1.54) is 12.1 Å². The highest BCUT2D eigenvalue weighted by molar-refractivity contribution is 7.81. The molecule has 2 heterocycles. The average molecular weight is 276 g/mol. The van der Waals surface area contributed by atoms with Crippen LogP contribution in [0.1, 0.15) is 5.56 Å². The lowest BCUT2D eigenvalue weighted by Gasteiger charge is -2.09. The summed E-state index contributed by atoms with van der Waals surface area (Å²) >= 11 is 3.26. The monoisotopic (exact) mass is 276 g/mol. The number of thiol groups is 1. The van der Waals surface area contributed by atoms with E-state index in [1.807, 2.05) is 18.3 Å². The van der Waals surface area contributed by atoms with Crippen molar-refractivity contribution in [3.63, 3.8) is 0 Å². The van der Waals surface area contributed by atoms with E-state index in [-0.39, 0.29) is 5.56 Å². The first kappa shape index (κ1) is 12.2. The molecule has 0 aliphatic carbocycles. The lowest BCUT2D eigenvalue weighted by molar-refractivity contribution is 0.108. The van der Waals surface area contributed by atoms with Crippen molar-refractivity contribution in [1.29, 1.82) is 0 Å². The fourth-order valence-corrected chi connectivity index (χ4v) is 2.19. The van der Waals surface area contributed by atoms with E-state index in [1.54, 1.807) is 18.3 Å². The number of alkyl halides is 2. The molecule has 19 heavy (non-hydrogen) atoms. The molecule has 0 fully saturated rings. The summed E-state index contributed by atoms with van der Waals surface area (Å²) in [4.78, 5) is 7.25. The van der Waals surface area contributed by atoms with Crippen LogP contribution >= 0.6 is 12.6 Å². The molecule has 1 N–H and O–H groups in total. The molecule has 0 saturated heterocycles. The molecule has 0 atom stereocenters. The number of aromatic nitrogens is 2. The van der Waals surface area contributed by atoms with Crippen molar-refractivity contribution in [3.05, 3.63) is 54.4 Å². The molecule has 0 aliphatic heterocycles. The largest absolute Gasteiger partial charge is 0.346 e. The van der Waals surface area contributed by atoms with Crippen LogP contribution in [-0.4, -0.2) is 9.97 Å². The van der Waals surface area contributed by atoms with Crippen molar-refractivity contribution < 1.29 is 8.78 Å². The molecule has 96 valence electrons. The number of fused-ring (bicyclic) bond motifs is 1. The van der Waals surface area contributed by atoms with Crippen LogP contribution in [0.5, 0.6) is 0 Å². The number of hydrogen-bond donors (Lipinski definition) is 2. The summed E-state index contributed by atoms with van der Waals surface area (Å²) in [6.45, 7) is 0. The first-order chi connectivity index (χ1) is 9.05. The van der Waals surface area contributed by atoms with Crippen molar-refractivity contribution in [2.24, 2.45) is 0 Å². The zero-order valence-electron chi connectivity index (χ0n) is 9.77. The summed E-state index contributed by atoms with van der Waals surface area (Å²) in [5.74, 6) is 0. The number of aromatic amines is 1. The van der Waals surface area contributed by atoms with Crippen LogP contribution in [-0.2, 0) is 5.25 Å². The van der Waals surface area contributed by atoms with Gasteiger partial charge in [-0.1, -0.05) is 24.3 Å². The molecular weight excluding hydrogens is 266 g/mol. The maximum atomic E-state index is 13.0. The molecule has 0 saturated carbocycles. The Labute approximate surface area is 113 Å². The highest BCUT2D eigenvalue weighted by Gasteiger charge is 2.25. The zero-order chi connectivity index (χ0) is 13.5. The predicted molar refractivity (Wildman–Crippen MR) is 74.4 cm³/mol. The summed E-state index contributed by atoms with van der Waals surface area (Å²) in [6.07, 6.45) is 3.53. The van der Waals surface area contributed by atoms with E-state index in [0.29, 0.717) is 0 Å². The molecule has 2 nitrogen and oxygen atoms in total. The van der Waals surface area contributed by atoms with Gasteiger partial charge in [0, 0.05) is 28.9 Å². The number of H-pyrrole nitrogens is 1. The Bertz CT molecular complexity index is 714. The highest BCUT2D eigenvalue weighted by Crippen LogP contribution is 2.34. The molecule has 1 aromatic carbocycles. The molecular formula is C14H10F2N2S. The number of nitrogens with zero attached hydrogens (tertiary/aromatic N) is 1. The quantitative estimate of drug-likeness (QED) is 0.674. The Balaban J connectivity index is 2.07. The van der Waals surface area contributed by atoms with E-state index >= 15 is 0 Å². The van der Waals surface area contributed by atoms with Gasteiger partial charge in [0.2, 0.25) is 0 Å². The van der Waals surface area contributed by atoms with Gasteiger partial charge in [0.05, 0.1) is 0 Å². The Morgan fingerprint density at radius 2 is 1.84 bits per heavy atom. The third-order valence-electron chi connectivity index (χ3n) is 2.99. The molecule has 5 heteroatoms. The van der Waals surface area contributed by atoms with E-state index in [0.717, 1.165) is 22.2 Å². The number of pyridine rings is 1. The van der Waals surface area contributed by atoms with Crippen molar-refractivity contribution >= 4 is 23.7 Å². The summed E-state index contributed by atoms with van der Waals surface area (Å²) < 4.78 is 26.1. The second kappa shape index (κ2) is 4.35. The number of benzene rings is 1. The molecule has 3 rings (SSSR count). The number of halogens is 2. The fraction of sp³-hybridized carbons (Fsp3) is 0.0714. The summed E-state index contributed by atoms with van der Waals surface area (Å²) in [6, 6.07) is 9.88. The van der Waals surface area contributed by atoms with Crippen LogP contribution in [0.25, 0.3) is 22.2 Å². The van der Waals surface area contributed by atoms with E-state index in [9.17, 15) is 8.78 Å². The Kier molecular flexibility index (Phi) is 2.78. The summed E-state index contributed by atoms with van der Waals surface area (Å²) in [7, 11) is 0. The topological polar surface area (TPSA) is 28.7 Å². The fourth-order valence-electron chi connectivity index (χ4n) is 2.05. The Morgan fingerprint density at radius 1 is 1.11 bits per heavy atom. The van der Waals surface area contributed by atoms with Crippen molar-refractivity contribution in [1.82, 2.24) is 9.97 Å². The molecule has 3 aromatic rings. The van der Waals surface area contributed by atoms with Gasteiger partial charge in [0.15, 0.2) is 0 Å². The SMILES string of the molecule is FC(F)(S)c1ccc(-c2c[nH]c3ncccc23)cc1. The molecule has 0 radical (unpaired) electrons. The van der Waals surface area contributed by atoms with Gasteiger partial charge < -0.3 is 4.98 Å². The smallest absolute Gasteiger partial charge is 0.316 e. The second-order valence-electron chi connectivity index (χ2n) is 4.22. The van der Waals surface area contributed by atoms with E-state index < -0.39 is 5.25 Å². The van der Waals surface area contributed by atoms with Gasteiger partial charge in [-0.25, -0.2) is 4.98 Å². The Hall–Kier alpha value is -1.88. The molecule has 0 spiro atoms. The van der Waals surface area contributed by atoms with Crippen LogP contribution in [0.4, 0.5) is 8.78 Å². The molecule has 0 amide bonds. The van der Waals surface area contributed by atoms with Crippen molar-refractivity contribution in [3.8, 4) is 11.1 Å². The molecule has 0 aliphatic rings. The van der Waals surface area contributed by atoms with Gasteiger partial charge in [-0.05, 0) is 17.7 Å². The van der Waals surface area contributed by atoms with Crippen LogP contribution < -0.4 is 0 Å². The first-order valence-corrected chi connectivity index (χ1v) is 6.13. The van der Waals surface area contributed by atoms with Crippen LogP contribution in [0, 0.1) is 0 Å². The van der Waals surface area contributed by atoms with Gasteiger partial charge in [0.25, 0.3) is 0 Å². The number of rotatable bonds is 2. The van der Waals surface area contributed by atoms with Crippen LogP contribution in [0.3, 0.4) is 0 Å². The molecule has 0 unspecified atom stereocenters. The first-order valence-electron chi connectivity index (χ1n) is 5.69. The number of nitrogens with one attached hydrogen (secondary N) is 1. The van der Waals surface area contributed by atoms with Gasteiger partial charge in [0.1, 0.15) is 5.65 Å². The lowest BCUT2D eigenvalue weighted by atomic mass is 10.0. The zero-order valence-corrected chi connectivity index (χ0v) is 10.7. The summed E-state index contributed by atoms with van der Waals surface area (Å²) in [5.41, 5.74) is 2.47. The number of hydrogen-bond acceptors (Lipinski definition) is 2. The normalized spacial score (nSPS) is 11.9. The second-order valence-corrected chi connectivity index (χ2v) is 4.78. The maximum absolute atomic E-state index is 13.0. The average Bonchev–Trinajstić information content (AvgIpc) is 2.82. The highest BCUT2D eigenvalue weighted by atomic mass is 32.1. The van der Waals surface area contributed by atoms with Gasteiger partial charge >= 0.3 is 5.25 Å². The van der Waals surface area contributed by atoms with Crippen molar-refractivity contribution in [2.45, 2.75) is 5.25 Å². The standard InChI is InChI=1S/C14H10F2N2S/c15-14(16,19)10-5-3-9(4-6-10)12-8-18-13-11(12)2-1-7-17-13/h1-8,19H,(H,17,18). The minimum atomic E-state index is -3.11. The van der Waals surface area contributed by atoms with Gasteiger partial charge in [-0.15, -0.1) is 12.6 Å². The van der Waals surface area contributed by atoms with Crippen molar-refractivity contribution in [2.75, 3.05) is 0 Å². The van der Waals surface area contributed by atoms with E-state index in [2.05, 4.69) is 22.6 Å². The summed E-state index contributed by atoms with van der Waals surface area (Å²) in [5, 5.41) is -2.15. The maximum Gasteiger partial charge on any atom is 0.316 e. The Morgan fingerprint density at radius 3 is 2.53 bits per heavy atom. The third-order valence-corrected chi connectivity index (χ3v) is 3.25. The molecule has 2 aromatic heterocycles. The minimum absolute atomic E-state index is 0.113. The third kappa shape index (κ3) is 2.21.